The molecule has 0 bridgehead atoms. The Morgan fingerprint density at radius 1 is 1.12 bits per heavy atom. The predicted molar refractivity (Wildman–Crippen MR) is 134 cm³/mol. The van der Waals surface area contributed by atoms with Crippen molar-refractivity contribution in [3.8, 4) is 11.3 Å². The third-order valence-corrected chi connectivity index (χ3v) is 7.27. The predicted octanol–water partition coefficient (Wildman–Crippen LogP) is 3.16. The number of benzene rings is 1. The van der Waals surface area contributed by atoms with Crippen molar-refractivity contribution in [3.05, 3.63) is 36.5 Å². The van der Waals surface area contributed by atoms with Gasteiger partial charge in [0.15, 0.2) is 0 Å². The first kappa shape index (κ1) is 22.7. The number of carbonyl (C=O) groups is 2. The number of likely N-dealkylation sites (N-methyl/N-ethyl adjacent to an activating group) is 1. The zero-order chi connectivity index (χ0) is 23.7. The van der Waals surface area contributed by atoms with Gasteiger partial charge in [-0.05, 0) is 38.4 Å². The summed E-state index contributed by atoms with van der Waals surface area (Å²) in [6, 6.07) is 10.7. The van der Waals surface area contributed by atoms with E-state index in [2.05, 4.69) is 40.0 Å². The van der Waals surface area contributed by atoms with E-state index in [0.717, 1.165) is 60.5 Å². The minimum Gasteiger partial charge on any atom is -0.355 e. The number of aromatic nitrogens is 3. The van der Waals surface area contributed by atoms with Crippen LogP contribution in [0.15, 0.2) is 36.5 Å². The Balaban J connectivity index is 1.24. The van der Waals surface area contributed by atoms with Gasteiger partial charge in [-0.1, -0.05) is 25.1 Å². The Kier molecular flexibility index (Phi) is 6.41. The van der Waals surface area contributed by atoms with E-state index in [9.17, 15) is 9.59 Å². The standard InChI is InChI=1S/C26H34N6O2/c1-3-30-13-6-8-19(30)17-27-24(33)11-12-26(34)31-14-7-15-32-25(31)16-22(28-32)21-18-29(2)23-10-5-4-9-20(21)23/h4-5,9-10,16,18-19H,3,6-8,11-15,17H2,1-2H3,(H,27,33)/t19-/m1/s1. The van der Waals surface area contributed by atoms with Crippen molar-refractivity contribution < 1.29 is 9.59 Å². The summed E-state index contributed by atoms with van der Waals surface area (Å²) in [5.41, 5.74) is 3.10. The summed E-state index contributed by atoms with van der Waals surface area (Å²) in [7, 11) is 2.04. The quantitative estimate of drug-likeness (QED) is 0.585. The van der Waals surface area contributed by atoms with E-state index in [1.807, 2.05) is 29.9 Å². The fraction of sp³-hybridized carbons (Fsp3) is 0.500. The van der Waals surface area contributed by atoms with Crippen LogP contribution in [0.3, 0.4) is 0 Å². The van der Waals surface area contributed by atoms with Gasteiger partial charge in [-0.25, -0.2) is 4.68 Å². The van der Waals surface area contributed by atoms with Crippen molar-refractivity contribution in [1.82, 2.24) is 24.6 Å². The van der Waals surface area contributed by atoms with Crippen LogP contribution in [0.5, 0.6) is 0 Å². The van der Waals surface area contributed by atoms with E-state index in [4.69, 9.17) is 5.10 Å². The lowest BCUT2D eigenvalue weighted by Gasteiger charge is -2.27. The molecule has 0 saturated carbocycles. The van der Waals surface area contributed by atoms with Crippen LogP contribution in [0.2, 0.25) is 0 Å². The fourth-order valence-electron chi connectivity index (χ4n) is 5.43. The smallest absolute Gasteiger partial charge is 0.228 e. The van der Waals surface area contributed by atoms with E-state index < -0.39 is 0 Å². The third-order valence-electron chi connectivity index (χ3n) is 7.27. The molecule has 0 unspecified atom stereocenters. The summed E-state index contributed by atoms with van der Waals surface area (Å²) in [5, 5.41) is 9.02. The molecule has 34 heavy (non-hydrogen) atoms. The third kappa shape index (κ3) is 4.34. The maximum atomic E-state index is 13.1. The minimum absolute atomic E-state index is 0.0171. The second-order valence-corrected chi connectivity index (χ2v) is 9.41. The second-order valence-electron chi connectivity index (χ2n) is 9.41. The fourth-order valence-corrected chi connectivity index (χ4v) is 5.43. The van der Waals surface area contributed by atoms with Crippen LogP contribution >= 0.6 is 0 Å². The van der Waals surface area contributed by atoms with Gasteiger partial charge in [0.25, 0.3) is 0 Å². The van der Waals surface area contributed by atoms with Gasteiger partial charge >= 0.3 is 0 Å². The van der Waals surface area contributed by atoms with Crippen LogP contribution < -0.4 is 10.2 Å². The summed E-state index contributed by atoms with van der Waals surface area (Å²) >= 11 is 0. The molecule has 4 heterocycles. The molecule has 0 radical (unpaired) electrons. The Bertz CT molecular complexity index is 1200. The van der Waals surface area contributed by atoms with Gasteiger partial charge in [0.05, 0.1) is 5.69 Å². The van der Waals surface area contributed by atoms with Gasteiger partial charge in [-0.2, -0.15) is 5.10 Å². The second kappa shape index (κ2) is 9.62. The topological polar surface area (TPSA) is 75.4 Å². The number of aryl methyl sites for hydroxylation is 2. The first-order valence-corrected chi connectivity index (χ1v) is 12.5. The highest BCUT2D eigenvalue weighted by Crippen LogP contribution is 2.33. The van der Waals surface area contributed by atoms with Crippen molar-refractivity contribution in [2.24, 2.45) is 7.05 Å². The van der Waals surface area contributed by atoms with Crippen LogP contribution in [-0.4, -0.2) is 63.3 Å². The molecule has 3 aromatic rings. The van der Waals surface area contributed by atoms with Gasteiger partial charge in [-0.3, -0.25) is 19.4 Å². The first-order valence-electron chi connectivity index (χ1n) is 12.5. The van der Waals surface area contributed by atoms with Crippen molar-refractivity contribution >= 4 is 28.5 Å². The largest absolute Gasteiger partial charge is 0.355 e. The molecule has 1 fully saturated rings. The number of nitrogens with zero attached hydrogens (tertiary/aromatic N) is 5. The maximum Gasteiger partial charge on any atom is 0.228 e. The van der Waals surface area contributed by atoms with E-state index in [-0.39, 0.29) is 24.7 Å². The average molecular weight is 463 g/mol. The molecule has 8 nitrogen and oxygen atoms in total. The number of anilines is 1. The molecule has 1 atom stereocenters. The zero-order valence-corrected chi connectivity index (χ0v) is 20.2. The minimum atomic E-state index is -0.0433. The van der Waals surface area contributed by atoms with Gasteiger partial charge in [0.1, 0.15) is 5.82 Å². The molecule has 2 aromatic heterocycles. The molecule has 2 amide bonds. The lowest BCUT2D eigenvalue weighted by Crippen LogP contribution is -2.41. The highest BCUT2D eigenvalue weighted by atomic mass is 16.2. The Labute approximate surface area is 200 Å². The molecule has 180 valence electrons. The summed E-state index contributed by atoms with van der Waals surface area (Å²) < 4.78 is 4.04. The van der Waals surface area contributed by atoms with E-state index in [1.165, 1.54) is 6.42 Å². The highest BCUT2D eigenvalue weighted by molar-refractivity contribution is 5.98. The SMILES string of the molecule is CCN1CCC[C@@H]1CNC(=O)CCC(=O)N1CCCn2nc(-c3cn(C)c4ccccc34)cc21. The number of hydrogen-bond acceptors (Lipinski definition) is 4. The summed E-state index contributed by atoms with van der Waals surface area (Å²) in [6.07, 6.45) is 5.71. The molecule has 0 aliphatic carbocycles. The number of likely N-dealkylation sites (tertiary alicyclic amines) is 1. The normalized spacial score (nSPS) is 18.4. The van der Waals surface area contributed by atoms with Crippen LogP contribution in [0, 0.1) is 0 Å². The molecular formula is C26H34N6O2. The van der Waals surface area contributed by atoms with Crippen molar-refractivity contribution in [3.63, 3.8) is 0 Å². The van der Waals surface area contributed by atoms with Crippen molar-refractivity contribution in [1.29, 1.82) is 0 Å². The van der Waals surface area contributed by atoms with Crippen LogP contribution in [0.25, 0.3) is 22.2 Å². The Morgan fingerprint density at radius 3 is 2.82 bits per heavy atom. The van der Waals surface area contributed by atoms with Gasteiger partial charge in [-0.15, -0.1) is 0 Å². The number of rotatable bonds is 7. The molecule has 2 aliphatic rings. The van der Waals surface area contributed by atoms with Crippen LogP contribution in [0.1, 0.15) is 39.0 Å². The van der Waals surface area contributed by atoms with E-state index in [1.54, 1.807) is 4.90 Å². The Morgan fingerprint density at radius 2 is 1.97 bits per heavy atom. The molecule has 1 saturated heterocycles. The monoisotopic (exact) mass is 462 g/mol. The number of amides is 2. The molecule has 2 aliphatic heterocycles. The number of carbonyl (C=O) groups excluding carboxylic acids is 2. The molecule has 1 N–H and O–H groups in total. The van der Waals surface area contributed by atoms with E-state index >= 15 is 0 Å². The summed E-state index contributed by atoms with van der Waals surface area (Å²) in [6.45, 7) is 6.41. The molecule has 5 rings (SSSR count). The summed E-state index contributed by atoms with van der Waals surface area (Å²) in [5.74, 6) is 0.763. The lowest BCUT2D eigenvalue weighted by molar-refractivity contribution is -0.125. The van der Waals surface area contributed by atoms with Crippen molar-refractivity contribution in [2.75, 3.05) is 31.1 Å². The number of hydrogen-bond donors (Lipinski definition) is 1. The number of fused-ring (bicyclic) bond motifs is 2. The zero-order valence-electron chi connectivity index (χ0n) is 20.2. The van der Waals surface area contributed by atoms with Gasteiger partial charge in [0, 0.05) is 74.3 Å². The molecule has 8 heteroatoms. The van der Waals surface area contributed by atoms with E-state index in [0.29, 0.717) is 19.1 Å². The van der Waals surface area contributed by atoms with Crippen LogP contribution in [0.4, 0.5) is 5.82 Å². The van der Waals surface area contributed by atoms with Gasteiger partial charge < -0.3 is 9.88 Å². The molecular weight excluding hydrogens is 428 g/mol. The maximum absolute atomic E-state index is 13.1. The number of nitrogens with one attached hydrogen (secondary N) is 1. The van der Waals surface area contributed by atoms with Crippen molar-refractivity contribution in [2.45, 2.75) is 51.6 Å². The van der Waals surface area contributed by atoms with Crippen LogP contribution in [-0.2, 0) is 23.2 Å². The molecule has 1 aromatic carbocycles. The Hall–Kier alpha value is -3.13. The molecule has 0 spiro atoms. The highest BCUT2D eigenvalue weighted by Gasteiger charge is 2.27. The van der Waals surface area contributed by atoms with Gasteiger partial charge in [0.2, 0.25) is 11.8 Å². The first-order chi connectivity index (χ1) is 16.5. The summed E-state index contributed by atoms with van der Waals surface area (Å²) in [4.78, 5) is 29.7. The lowest BCUT2D eigenvalue weighted by atomic mass is 10.1. The average Bonchev–Trinajstić information content (AvgIpc) is 3.57. The number of para-hydroxylation sites is 1.